The molecule has 0 spiro atoms. The Labute approximate surface area is 115 Å². The minimum atomic E-state index is -0.0684. The van der Waals surface area contributed by atoms with Crippen molar-refractivity contribution < 1.29 is 4.74 Å². The Hall–Kier alpha value is -1.36. The zero-order valence-corrected chi connectivity index (χ0v) is 12.4. The maximum Gasteiger partial charge on any atom is 0.138 e. The normalized spacial score (nSPS) is 23.4. The van der Waals surface area contributed by atoms with Crippen LogP contribution in [0.3, 0.4) is 0 Å². The van der Waals surface area contributed by atoms with E-state index in [9.17, 15) is 0 Å². The summed E-state index contributed by atoms with van der Waals surface area (Å²) in [6, 6.07) is 2.27. The highest BCUT2D eigenvalue weighted by Crippen LogP contribution is 2.24. The van der Waals surface area contributed by atoms with E-state index in [1.807, 2.05) is 13.1 Å². The van der Waals surface area contributed by atoms with Gasteiger partial charge in [0.15, 0.2) is 0 Å². The van der Waals surface area contributed by atoms with Gasteiger partial charge in [-0.1, -0.05) is 20.8 Å². The first-order valence-electron chi connectivity index (χ1n) is 6.85. The van der Waals surface area contributed by atoms with Crippen LogP contribution >= 0.6 is 0 Å². The predicted molar refractivity (Wildman–Crippen MR) is 77.7 cm³/mol. The average molecular weight is 264 g/mol. The van der Waals surface area contributed by atoms with Gasteiger partial charge in [-0.05, 0) is 13.3 Å². The van der Waals surface area contributed by atoms with Gasteiger partial charge in [0.25, 0.3) is 0 Å². The highest BCUT2D eigenvalue weighted by Gasteiger charge is 2.25. The van der Waals surface area contributed by atoms with Crippen molar-refractivity contribution in [3.8, 4) is 0 Å². The molecule has 0 aliphatic carbocycles. The van der Waals surface area contributed by atoms with Crippen LogP contribution in [0.15, 0.2) is 6.07 Å². The average Bonchev–Trinajstić information content (AvgIpc) is 2.73. The van der Waals surface area contributed by atoms with Gasteiger partial charge in [0, 0.05) is 25.1 Å². The quantitative estimate of drug-likeness (QED) is 0.878. The lowest BCUT2D eigenvalue weighted by Gasteiger charge is -2.21. The van der Waals surface area contributed by atoms with Crippen molar-refractivity contribution in [2.75, 3.05) is 24.3 Å². The molecule has 0 radical (unpaired) electrons. The van der Waals surface area contributed by atoms with Gasteiger partial charge in [0.05, 0.1) is 12.1 Å². The molecule has 0 amide bonds. The van der Waals surface area contributed by atoms with E-state index in [4.69, 9.17) is 4.74 Å². The lowest BCUT2D eigenvalue weighted by Crippen LogP contribution is -2.28. The molecule has 1 saturated heterocycles. The SMILES string of the molecule is CNc1cc(NC2CCOC2C)nc(C(C)(C)C)n1. The summed E-state index contributed by atoms with van der Waals surface area (Å²) in [6.07, 6.45) is 1.25. The Bertz CT molecular complexity index is 442. The second kappa shape index (κ2) is 5.33. The van der Waals surface area contributed by atoms with Crippen molar-refractivity contribution in [3.05, 3.63) is 11.9 Å². The molecule has 1 aromatic rings. The topological polar surface area (TPSA) is 59.1 Å². The summed E-state index contributed by atoms with van der Waals surface area (Å²) >= 11 is 0. The Morgan fingerprint density at radius 1 is 1.26 bits per heavy atom. The van der Waals surface area contributed by atoms with Gasteiger partial charge in [0.1, 0.15) is 17.5 Å². The van der Waals surface area contributed by atoms with Gasteiger partial charge in [-0.3, -0.25) is 0 Å². The van der Waals surface area contributed by atoms with Gasteiger partial charge >= 0.3 is 0 Å². The molecule has 2 atom stereocenters. The molecule has 5 nitrogen and oxygen atoms in total. The summed E-state index contributed by atoms with van der Waals surface area (Å²) in [6.45, 7) is 9.26. The Kier molecular flexibility index (Phi) is 3.94. The minimum absolute atomic E-state index is 0.0684. The van der Waals surface area contributed by atoms with Crippen LogP contribution in [-0.4, -0.2) is 35.8 Å². The largest absolute Gasteiger partial charge is 0.376 e. The lowest BCUT2D eigenvalue weighted by atomic mass is 9.96. The standard InChI is InChI=1S/C14H24N4O/c1-9-10(6-7-19-9)16-12-8-11(15-5)17-13(18-12)14(2,3)4/h8-10H,6-7H2,1-5H3,(H2,15,16,17,18). The molecule has 0 saturated carbocycles. The van der Waals surface area contributed by atoms with Gasteiger partial charge in [0.2, 0.25) is 0 Å². The molecule has 2 unspecified atom stereocenters. The highest BCUT2D eigenvalue weighted by molar-refractivity contribution is 5.48. The third-order valence-electron chi connectivity index (χ3n) is 3.36. The van der Waals surface area contributed by atoms with Gasteiger partial charge in [-0.2, -0.15) is 0 Å². The number of rotatable bonds is 3. The van der Waals surface area contributed by atoms with Crippen LogP contribution in [0.1, 0.15) is 39.9 Å². The summed E-state index contributed by atoms with van der Waals surface area (Å²) in [5, 5.41) is 6.56. The first-order valence-corrected chi connectivity index (χ1v) is 6.85. The van der Waals surface area contributed by atoms with Crippen molar-refractivity contribution in [1.29, 1.82) is 0 Å². The second-order valence-corrected chi connectivity index (χ2v) is 6.08. The van der Waals surface area contributed by atoms with E-state index < -0.39 is 0 Å². The lowest BCUT2D eigenvalue weighted by molar-refractivity contribution is 0.121. The molecular formula is C14H24N4O. The van der Waals surface area contributed by atoms with Crippen molar-refractivity contribution in [1.82, 2.24) is 9.97 Å². The van der Waals surface area contributed by atoms with Crippen LogP contribution in [-0.2, 0) is 10.2 Å². The van der Waals surface area contributed by atoms with Gasteiger partial charge in [-0.25, -0.2) is 9.97 Å². The van der Waals surface area contributed by atoms with E-state index in [1.54, 1.807) is 0 Å². The van der Waals surface area contributed by atoms with E-state index in [2.05, 4.69) is 48.3 Å². The third kappa shape index (κ3) is 3.35. The van der Waals surface area contributed by atoms with Crippen LogP contribution in [0.5, 0.6) is 0 Å². The summed E-state index contributed by atoms with van der Waals surface area (Å²) in [5.41, 5.74) is -0.0684. The zero-order valence-electron chi connectivity index (χ0n) is 12.4. The van der Waals surface area contributed by atoms with Crippen LogP contribution in [0.2, 0.25) is 0 Å². The summed E-state index contributed by atoms with van der Waals surface area (Å²) < 4.78 is 5.57. The maximum absolute atomic E-state index is 5.57. The van der Waals surface area contributed by atoms with E-state index in [0.29, 0.717) is 6.04 Å². The summed E-state index contributed by atoms with van der Waals surface area (Å²) in [5.74, 6) is 2.55. The number of nitrogens with one attached hydrogen (secondary N) is 2. The van der Waals surface area contributed by atoms with E-state index in [1.165, 1.54) is 0 Å². The number of hydrogen-bond donors (Lipinski definition) is 2. The fourth-order valence-corrected chi connectivity index (χ4v) is 2.10. The Balaban J connectivity index is 2.24. The van der Waals surface area contributed by atoms with E-state index >= 15 is 0 Å². The van der Waals surface area contributed by atoms with Crippen molar-refractivity contribution in [3.63, 3.8) is 0 Å². The summed E-state index contributed by atoms with van der Waals surface area (Å²) in [7, 11) is 1.87. The van der Waals surface area contributed by atoms with E-state index in [-0.39, 0.29) is 11.5 Å². The molecule has 2 rings (SSSR count). The first-order chi connectivity index (χ1) is 8.90. The van der Waals surface area contributed by atoms with E-state index in [0.717, 1.165) is 30.5 Å². The molecule has 106 valence electrons. The Morgan fingerprint density at radius 2 is 1.95 bits per heavy atom. The van der Waals surface area contributed by atoms with Gasteiger partial charge < -0.3 is 15.4 Å². The number of hydrogen-bond acceptors (Lipinski definition) is 5. The fourth-order valence-electron chi connectivity index (χ4n) is 2.10. The molecule has 1 fully saturated rings. The van der Waals surface area contributed by atoms with Crippen molar-refractivity contribution in [2.24, 2.45) is 0 Å². The Morgan fingerprint density at radius 3 is 2.47 bits per heavy atom. The highest BCUT2D eigenvalue weighted by atomic mass is 16.5. The summed E-state index contributed by atoms with van der Waals surface area (Å²) in [4.78, 5) is 9.16. The number of anilines is 2. The smallest absolute Gasteiger partial charge is 0.138 e. The second-order valence-electron chi connectivity index (χ2n) is 6.08. The molecule has 0 aromatic carbocycles. The third-order valence-corrected chi connectivity index (χ3v) is 3.36. The molecule has 1 aromatic heterocycles. The van der Waals surface area contributed by atoms with Crippen LogP contribution in [0.4, 0.5) is 11.6 Å². The zero-order chi connectivity index (χ0) is 14.0. The molecule has 1 aliphatic heterocycles. The fraction of sp³-hybridized carbons (Fsp3) is 0.714. The molecule has 2 heterocycles. The minimum Gasteiger partial charge on any atom is -0.376 e. The number of aromatic nitrogens is 2. The van der Waals surface area contributed by atoms with Crippen LogP contribution < -0.4 is 10.6 Å². The predicted octanol–water partition coefficient (Wildman–Crippen LogP) is 2.41. The molecule has 2 N–H and O–H groups in total. The molecule has 0 bridgehead atoms. The molecule has 19 heavy (non-hydrogen) atoms. The van der Waals surface area contributed by atoms with Gasteiger partial charge in [-0.15, -0.1) is 0 Å². The molecule has 1 aliphatic rings. The number of ether oxygens (including phenoxy) is 1. The number of nitrogens with zero attached hydrogens (tertiary/aromatic N) is 2. The molecular weight excluding hydrogens is 240 g/mol. The van der Waals surface area contributed by atoms with Crippen molar-refractivity contribution >= 4 is 11.6 Å². The molecule has 5 heteroatoms. The maximum atomic E-state index is 5.57. The van der Waals surface area contributed by atoms with Crippen LogP contribution in [0, 0.1) is 0 Å². The monoisotopic (exact) mass is 264 g/mol. The first kappa shape index (κ1) is 14.1. The van der Waals surface area contributed by atoms with Crippen molar-refractivity contribution in [2.45, 2.75) is 51.7 Å². The van der Waals surface area contributed by atoms with Crippen LogP contribution in [0.25, 0.3) is 0 Å².